The third kappa shape index (κ3) is 3.22. The van der Waals surface area contributed by atoms with Crippen LogP contribution in [0.1, 0.15) is 5.82 Å². The van der Waals surface area contributed by atoms with Crippen LogP contribution in [0.15, 0.2) is 16.9 Å². The highest BCUT2D eigenvalue weighted by Gasteiger charge is 2.38. The molecule has 0 aromatic carbocycles. The molecule has 0 radical (unpaired) electrons. The van der Waals surface area contributed by atoms with Crippen molar-refractivity contribution in [2.24, 2.45) is 0 Å². The van der Waals surface area contributed by atoms with Crippen molar-refractivity contribution >= 4 is 15.9 Å². The van der Waals surface area contributed by atoms with Gasteiger partial charge in [-0.25, -0.2) is 9.97 Å². The summed E-state index contributed by atoms with van der Waals surface area (Å²) in [4.78, 5) is 7.23. The number of rotatable bonds is 2. The highest BCUT2D eigenvalue weighted by atomic mass is 79.9. The maximum atomic E-state index is 11.9. The quantitative estimate of drug-likeness (QED) is 0.890. The number of aromatic nitrogens is 2. The Kier molecular flexibility index (Phi) is 3.43. The molecule has 1 rings (SSSR count). The number of hydrogen-bond acceptors (Lipinski definition) is 3. The van der Waals surface area contributed by atoms with E-state index < -0.39 is 18.7 Å². The Morgan fingerprint density at radius 1 is 1.36 bits per heavy atom. The van der Waals surface area contributed by atoms with E-state index in [1.807, 2.05) is 0 Å². The van der Waals surface area contributed by atoms with E-state index in [4.69, 9.17) is 5.11 Å². The summed E-state index contributed by atoms with van der Waals surface area (Å²) in [6, 6.07) is 0. The van der Waals surface area contributed by atoms with E-state index in [9.17, 15) is 13.2 Å². The summed E-state index contributed by atoms with van der Waals surface area (Å²) in [5, 5.41) is 8.69. The summed E-state index contributed by atoms with van der Waals surface area (Å²) in [6.45, 7) is 0. The van der Waals surface area contributed by atoms with Gasteiger partial charge in [-0.05, 0) is 15.9 Å². The fourth-order valence-electron chi connectivity index (χ4n) is 0.733. The molecule has 14 heavy (non-hydrogen) atoms. The van der Waals surface area contributed by atoms with Crippen molar-refractivity contribution in [2.45, 2.75) is 18.7 Å². The molecule has 0 spiro atoms. The molecule has 0 aliphatic rings. The van der Waals surface area contributed by atoms with Crippen molar-refractivity contribution in [3.8, 4) is 0 Å². The molecule has 1 aromatic rings. The first-order chi connectivity index (χ1) is 6.39. The van der Waals surface area contributed by atoms with Gasteiger partial charge in [-0.2, -0.15) is 13.2 Å². The lowest BCUT2D eigenvalue weighted by atomic mass is 10.2. The van der Waals surface area contributed by atoms with E-state index in [-0.39, 0.29) is 5.82 Å². The Bertz CT molecular complexity index is 301. The monoisotopic (exact) mass is 270 g/mol. The molecule has 0 bridgehead atoms. The fourth-order valence-corrected chi connectivity index (χ4v) is 0.938. The van der Waals surface area contributed by atoms with Crippen LogP contribution >= 0.6 is 15.9 Å². The van der Waals surface area contributed by atoms with Gasteiger partial charge >= 0.3 is 6.18 Å². The van der Waals surface area contributed by atoms with E-state index >= 15 is 0 Å². The summed E-state index contributed by atoms with van der Waals surface area (Å²) in [5.41, 5.74) is 0. The van der Waals surface area contributed by atoms with E-state index in [0.29, 0.717) is 4.47 Å². The highest BCUT2D eigenvalue weighted by Crippen LogP contribution is 2.22. The number of nitrogens with zero attached hydrogens (tertiary/aromatic N) is 2. The van der Waals surface area contributed by atoms with E-state index in [1.54, 1.807) is 0 Å². The molecule has 1 N–H and O–H groups in total. The Labute approximate surface area is 86.1 Å². The molecular weight excluding hydrogens is 265 g/mol. The number of hydrogen-bond donors (Lipinski definition) is 1. The van der Waals surface area contributed by atoms with Gasteiger partial charge in [0, 0.05) is 18.8 Å². The topological polar surface area (TPSA) is 46.0 Å². The van der Waals surface area contributed by atoms with Crippen LogP contribution in [-0.2, 0) is 6.42 Å². The minimum Gasteiger partial charge on any atom is -0.383 e. The van der Waals surface area contributed by atoms with Gasteiger partial charge in [-0.1, -0.05) is 0 Å². The first-order valence-electron chi connectivity index (χ1n) is 3.61. The number of halogens is 4. The lowest BCUT2D eigenvalue weighted by molar-refractivity contribution is -0.203. The van der Waals surface area contributed by atoms with E-state index in [1.165, 1.54) is 12.4 Å². The average Bonchev–Trinajstić information content (AvgIpc) is 2.07. The van der Waals surface area contributed by atoms with Gasteiger partial charge < -0.3 is 5.11 Å². The zero-order valence-electron chi connectivity index (χ0n) is 6.79. The number of aliphatic hydroxyl groups excluding tert-OH is 1. The van der Waals surface area contributed by atoms with Crippen LogP contribution in [0, 0.1) is 0 Å². The Balaban J connectivity index is 2.65. The predicted molar refractivity (Wildman–Crippen MR) is 45.5 cm³/mol. The third-order valence-corrected chi connectivity index (χ3v) is 1.84. The molecule has 78 valence electrons. The van der Waals surface area contributed by atoms with Gasteiger partial charge in [0.05, 0.1) is 4.47 Å². The third-order valence-electron chi connectivity index (χ3n) is 1.43. The predicted octanol–water partition coefficient (Wildman–Crippen LogP) is 1.70. The van der Waals surface area contributed by atoms with Crippen LogP contribution in [0.2, 0.25) is 0 Å². The van der Waals surface area contributed by atoms with Gasteiger partial charge in [0.1, 0.15) is 5.82 Å². The molecular formula is C7H6BrF3N2O. The van der Waals surface area contributed by atoms with Crippen LogP contribution < -0.4 is 0 Å². The van der Waals surface area contributed by atoms with Crippen LogP contribution in [-0.4, -0.2) is 27.4 Å². The van der Waals surface area contributed by atoms with E-state index in [0.717, 1.165) is 0 Å². The standard InChI is InChI=1S/C7H6BrF3N2O/c8-4-2-12-6(13-3-4)1-5(14)7(9,10)11/h2-3,5,14H,1H2. The fraction of sp³-hybridized carbons (Fsp3) is 0.429. The Hall–Kier alpha value is -0.690. The second kappa shape index (κ2) is 4.22. The molecule has 0 fully saturated rings. The lowest BCUT2D eigenvalue weighted by Crippen LogP contribution is -2.31. The summed E-state index contributed by atoms with van der Waals surface area (Å²) >= 11 is 3.04. The number of aliphatic hydroxyl groups is 1. The molecule has 0 aliphatic heterocycles. The number of alkyl halides is 3. The molecule has 1 aromatic heterocycles. The molecule has 0 aliphatic carbocycles. The lowest BCUT2D eigenvalue weighted by Gasteiger charge is -2.12. The maximum absolute atomic E-state index is 11.9. The average molecular weight is 271 g/mol. The molecule has 1 unspecified atom stereocenters. The highest BCUT2D eigenvalue weighted by molar-refractivity contribution is 9.10. The van der Waals surface area contributed by atoms with Crippen molar-refractivity contribution in [1.82, 2.24) is 9.97 Å². The van der Waals surface area contributed by atoms with Gasteiger partial charge in [0.2, 0.25) is 0 Å². The Morgan fingerprint density at radius 2 is 1.86 bits per heavy atom. The molecule has 0 saturated heterocycles. The zero-order chi connectivity index (χ0) is 10.8. The SMILES string of the molecule is OC(Cc1ncc(Br)cn1)C(F)(F)F. The summed E-state index contributed by atoms with van der Waals surface area (Å²) in [6.07, 6.45) is -5.02. The minimum absolute atomic E-state index is 0.0435. The molecule has 0 amide bonds. The maximum Gasteiger partial charge on any atom is 0.414 e. The van der Waals surface area contributed by atoms with Crippen molar-refractivity contribution in [2.75, 3.05) is 0 Å². The van der Waals surface area contributed by atoms with Gasteiger partial charge in [0.15, 0.2) is 6.10 Å². The van der Waals surface area contributed by atoms with Crippen LogP contribution in [0.4, 0.5) is 13.2 Å². The van der Waals surface area contributed by atoms with Gasteiger partial charge in [-0.3, -0.25) is 0 Å². The normalized spacial score (nSPS) is 14.1. The summed E-state index contributed by atoms with van der Waals surface area (Å²) in [5.74, 6) is -0.0435. The Morgan fingerprint density at radius 3 is 2.29 bits per heavy atom. The van der Waals surface area contributed by atoms with Gasteiger partial charge in [-0.15, -0.1) is 0 Å². The van der Waals surface area contributed by atoms with Crippen LogP contribution in [0.25, 0.3) is 0 Å². The minimum atomic E-state index is -4.63. The van der Waals surface area contributed by atoms with E-state index in [2.05, 4.69) is 25.9 Å². The first kappa shape index (κ1) is 11.4. The summed E-state index contributed by atoms with van der Waals surface area (Å²) in [7, 11) is 0. The van der Waals surface area contributed by atoms with Crippen molar-refractivity contribution < 1.29 is 18.3 Å². The van der Waals surface area contributed by atoms with Crippen LogP contribution in [0.3, 0.4) is 0 Å². The molecule has 1 atom stereocenters. The van der Waals surface area contributed by atoms with Crippen LogP contribution in [0.5, 0.6) is 0 Å². The van der Waals surface area contributed by atoms with Crippen molar-refractivity contribution in [3.63, 3.8) is 0 Å². The largest absolute Gasteiger partial charge is 0.414 e. The smallest absolute Gasteiger partial charge is 0.383 e. The van der Waals surface area contributed by atoms with Gasteiger partial charge in [0.25, 0.3) is 0 Å². The zero-order valence-corrected chi connectivity index (χ0v) is 8.38. The van der Waals surface area contributed by atoms with Crippen molar-refractivity contribution in [3.05, 3.63) is 22.7 Å². The first-order valence-corrected chi connectivity index (χ1v) is 4.40. The van der Waals surface area contributed by atoms with Crippen molar-refractivity contribution in [1.29, 1.82) is 0 Å². The molecule has 3 nitrogen and oxygen atoms in total. The molecule has 7 heteroatoms. The second-order valence-corrected chi connectivity index (χ2v) is 3.49. The summed E-state index contributed by atoms with van der Waals surface area (Å²) < 4.78 is 36.3. The molecule has 0 saturated carbocycles. The molecule has 1 heterocycles. The second-order valence-electron chi connectivity index (χ2n) is 2.58.